The number of hydrogen-bond acceptors (Lipinski definition) is 3. The van der Waals surface area contributed by atoms with Gasteiger partial charge in [-0.25, -0.2) is 0 Å². The molecule has 0 radical (unpaired) electrons. The zero-order valence-corrected chi connectivity index (χ0v) is 17.3. The van der Waals surface area contributed by atoms with E-state index < -0.39 is 0 Å². The standard InChI is InChI=1S/C21H31BrO3/c1-12(23)25-14-6-8-20(2)13(10-14)4-5-15-16(20)7-9-21(3)17(15)11-18(22)19(21)24/h13-18H,4-11H2,1-3H3/t13-,14-,15+,16-,17+,18+,20-,21-/m0/s1. The van der Waals surface area contributed by atoms with Crippen LogP contribution in [0.1, 0.15) is 72.1 Å². The molecule has 3 nitrogen and oxygen atoms in total. The number of alkyl halides is 1. The highest BCUT2D eigenvalue weighted by atomic mass is 79.9. The van der Waals surface area contributed by atoms with Crippen LogP contribution in [0.15, 0.2) is 0 Å². The number of ether oxygens (including phenoxy) is 1. The van der Waals surface area contributed by atoms with E-state index in [0.29, 0.717) is 29.0 Å². The van der Waals surface area contributed by atoms with Crippen LogP contribution in [0.4, 0.5) is 0 Å². The molecule has 4 rings (SSSR count). The van der Waals surface area contributed by atoms with E-state index in [-0.39, 0.29) is 22.3 Å². The van der Waals surface area contributed by atoms with Crippen molar-refractivity contribution in [2.45, 2.75) is 83.1 Å². The van der Waals surface area contributed by atoms with Crippen molar-refractivity contribution in [3.8, 4) is 0 Å². The van der Waals surface area contributed by atoms with E-state index in [1.54, 1.807) is 0 Å². The summed E-state index contributed by atoms with van der Waals surface area (Å²) in [5.41, 5.74) is 0.280. The fraction of sp³-hybridized carbons (Fsp3) is 0.905. The van der Waals surface area contributed by atoms with Crippen molar-refractivity contribution in [3.05, 3.63) is 0 Å². The van der Waals surface area contributed by atoms with Gasteiger partial charge in [-0.3, -0.25) is 9.59 Å². The molecule has 4 saturated carbocycles. The van der Waals surface area contributed by atoms with E-state index in [1.165, 1.54) is 32.6 Å². The van der Waals surface area contributed by atoms with Gasteiger partial charge in [-0.2, -0.15) is 0 Å². The van der Waals surface area contributed by atoms with Gasteiger partial charge in [-0.15, -0.1) is 0 Å². The molecule has 140 valence electrons. The maximum Gasteiger partial charge on any atom is 0.302 e. The number of rotatable bonds is 1. The van der Waals surface area contributed by atoms with Crippen molar-refractivity contribution in [1.29, 1.82) is 0 Å². The zero-order valence-electron chi connectivity index (χ0n) is 15.7. The lowest BCUT2D eigenvalue weighted by Gasteiger charge is -2.60. The third-order valence-electron chi connectivity index (χ3n) is 8.65. The summed E-state index contributed by atoms with van der Waals surface area (Å²) in [6.45, 7) is 6.27. The van der Waals surface area contributed by atoms with E-state index in [1.807, 2.05) is 0 Å². The number of Topliss-reactive ketones (excluding diaryl/α,β-unsaturated/α-hetero) is 1. The maximum absolute atomic E-state index is 12.7. The SMILES string of the molecule is CC(=O)O[C@H]1CC[C@@]2(C)[C@@H](CC[C@H]3[C@H]4C[C@@H](Br)C(=O)[C@@]4(C)CC[C@@H]32)C1. The highest BCUT2D eigenvalue weighted by Crippen LogP contribution is 2.66. The molecule has 0 unspecified atom stereocenters. The molecule has 4 aliphatic carbocycles. The second-order valence-electron chi connectivity index (χ2n) is 9.69. The Kier molecular flexibility index (Phi) is 4.37. The van der Waals surface area contributed by atoms with Gasteiger partial charge in [0.25, 0.3) is 0 Å². The lowest BCUT2D eigenvalue weighted by atomic mass is 9.45. The molecule has 0 spiro atoms. The molecule has 0 saturated heterocycles. The Morgan fingerprint density at radius 3 is 2.56 bits per heavy atom. The lowest BCUT2D eigenvalue weighted by molar-refractivity contribution is -0.160. The second kappa shape index (κ2) is 6.07. The minimum atomic E-state index is -0.136. The van der Waals surface area contributed by atoms with E-state index >= 15 is 0 Å². The first-order chi connectivity index (χ1) is 11.8. The average molecular weight is 411 g/mol. The highest BCUT2D eigenvalue weighted by molar-refractivity contribution is 9.10. The van der Waals surface area contributed by atoms with Gasteiger partial charge in [0.05, 0.1) is 4.83 Å². The molecular formula is C21H31BrO3. The molecule has 0 aromatic heterocycles. The first-order valence-corrected chi connectivity index (χ1v) is 11.0. The third-order valence-corrected chi connectivity index (χ3v) is 9.44. The molecule has 0 bridgehead atoms. The largest absolute Gasteiger partial charge is 0.463 e. The fourth-order valence-electron chi connectivity index (χ4n) is 7.31. The Morgan fingerprint density at radius 1 is 1.08 bits per heavy atom. The predicted molar refractivity (Wildman–Crippen MR) is 100 cm³/mol. The number of carbonyl (C=O) groups excluding carboxylic acids is 2. The number of carbonyl (C=O) groups is 2. The van der Waals surface area contributed by atoms with Crippen molar-refractivity contribution in [2.24, 2.45) is 34.5 Å². The summed E-state index contributed by atoms with van der Waals surface area (Å²) in [4.78, 5) is 24.2. The quantitative estimate of drug-likeness (QED) is 0.455. The Hall–Kier alpha value is -0.380. The van der Waals surface area contributed by atoms with Crippen LogP contribution in [0.3, 0.4) is 0 Å². The van der Waals surface area contributed by atoms with E-state index in [9.17, 15) is 9.59 Å². The van der Waals surface area contributed by atoms with Gasteiger partial charge in [0.1, 0.15) is 6.10 Å². The summed E-state index contributed by atoms with van der Waals surface area (Å²) in [6, 6.07) is 0. The zero-order chi connectivity index (χ0) is 18.0. The maximum atomic E-state index is 12.7. The summed E-state index contributed by atoms with van der Waals surface area (Å²) in [6.07, 6.45) is 9.15. The first kappa shape index (κ1) is 18.0. The minimum Gasteiger partial charge on any atom is -0.463 e. The van der Waals surface area contributed by atoms with Crippen LogP contribution in [0, 0.1) is 34.5 Å². The molecule has 0 heterocycles. The van der Waals surface area contributed by atoms with Crippen molar-refractivity contribution in [1.82, 2.24) is 0 Å². The summed E-state index contributed by atoms with van der Waals surface area (Å²) in [5.74, 6) is 3.01. The van der Waals surface area contributed by atoms with E-state index in [2.05, 4.69) is 29.8 Å². The number of hydrogen-bond donors (Lipinski definition) is 0. The van der Waals surface area contributed by atoms with Crippen LogP contribution in [-0.4, -0.2) is 22.7 Å². The first-order valence-electron chi connectivity index (χ1n) is 10.1. The minimum absolute atomic E-state index is 0.0754. The monoisotopic (exact) mass is 410 g/mol. The number of halogens is 1. The molecule has 4 aliphatic rings. The molecule has 0 amide bonds. The van der Waals surface area contributed by atoms with Crippen LogP contribution in [-0.2, 0) is 14.3 Å². The van der Waals surface area contributed by atoms with Gasteiger partial charge in [0.15, 0.2) is 5.78 Å². The highest BCUT2D eigenvalue weighted by Gasteiger charge is 2.62. The van der Waals surface area contributed by atoms with Crippen LogP contribution >= 0.6 is 15.9 Å². The van der Waals surface area contributed by atoms with Crippen molar-refractivity contribution in [2.75, 3.05) is 0 Å². The molecule has 4 heteroatoms. The van der Waals surface area contributed by atoms with Gasteiger partial charge >= 0.3 is 5.97 Å². The Labute approximate surface area is 159 Å². The van der Waals surface area contributed by atoms with E-state index in [0.717, 1.165) is 31.6 Å². The van der Waals surface area contributed by atoms with Crippen LogP contribution in [0.25, 0.3) is 0 Å². The number of ketones is 1. The summed E-state index contributed by atoms with van der Waals surface area (Å²) in [5, 5.41) is 0. The second-order valence-corrected chi connectivity index (χ2v) is 10.8. The van der Waals surface area contributed by atoms with E-state index in [4.69, 9.17) is 4.74 Å². The summed E-state index contributed by atoms with van der Waals surface area (Å²) >= 11 is 3.66. The van der Waals surface area contributed by atoms with Crippen molar-refractivity contribution >= 4 is 27.7 Å². The molecule has 4 fully saturated rings. The Balaban J connectivity index is 1.55. The van der Waals surface area contributed by atoms with Crippen LogP contribution in [0.5, 0.6) is 0 Å². The van der Waals surface area contributed by atoms with Gasteiger partial charge in [0.2, 0.25) is 0 Å². The average Bonchev–Trinajstić information content (AvgIpc) is 2.78. The van der Waals surface area contributed by atoms with Crippen LogP contribution < -0.4 is 0 Å². The lowest BCUT2D eigenvalue weighted by Crippen LogP contribution is -2.54. The van der Waals surface area contributed by atoms with Crippen LogP contribution in [0.2, 0.25) is 0 Å². The molecular weight excluding hydrogens is 380 g/mol. The number of esters is 1. The normalized spacial score (nSPS) is 52.1. The van der Waals surface area contributed by atoms with Crippen molar-refractivity contribution < 1.29 is 14.3 Å². The van der Waals surface area contributed by atoms with Gasteiger partial charge in [-0.1, -0.05) is 29.8 Å². The molecule has 0 aromatic rings. The predicted octanol–water partition coefficient (Wildman–Crippen LogP) is 4.90. The van der Waals surface area contributed by atoms with Gasteiger partial charge < -0.3 is 4.74 Å². The molecule has 0 aromatic carbocycles. The third kappa shape index (κ3) is 2.64. The van der Waals surface area contributed by atoms with Crippen molar-refractivity contribution in [3.63, 3.8) is 0 Å². The topological polar surface area (TPSA) is 43.4 Å². The fourth-order valence-corrected chi connectivity index (χ4v) is 8.23. The molecule has 25 heavy (non-hydrogen) atoms. The Bertz CT molecular complexity index is 590. The summed E-state index contributed by atoms with van der Waals surface area (Å²) in [7, 11) is 0. The molecule has 0 N–H and O–H groups in total. The Morgan fingerprint density at radius 2 is 1.84 bits per heavy atom. The molecule has 8 atom stereocenters. The molecule has 0 aliphatic heterocycles. The van der Waals surface area contributed by atoms with Gasteiger partial charge in [0, 0.05) is 12.3 Å². The smallest absolute Gasteiger partial charge is 0.302 e. The summed E-state index contributed by atoms with van der Waals surface area (Å²) < 4.78 is 5.54. The van der Waals surface area contributed by atoms with Gasteiger partial charge in [-0.05, 0) is 80.5 Å². The number of fused-ring (bicyclic) bond motifs is 5.